The van der Waals surface area contributed by atoms with Gasteiger partial charge in [-0.2, -0.15) is 0 Å². The normalized spacial score (nSPS) is 13.8. The second kappa shape index (κ2) is 7.96. The number of carbonyl (C=O) groups is 1. The summed E-state index contributed by atoms with van der Waals surface area (Å²) in [5.74, 6) is 2.21. The minimum Gasteiger partial charge on any atom is -0.494 e. The maximum atomic E-state index is 12.3. The van der Waals surface area contributed by atoms with Gasteiger partial charge in [0.15, 0.2) is 0 Å². The van der Waals surface area contributed by atoms with E-state index in [0.29, 0.717) is 24.5 Å². The van der Waals surface area contributed by atoms with Gasteiger partial charge in [-0.1, -0.05) is 0 Å². The molecule has 0 saturated carbocycles. The van der Waals surface area contributed by atoms with Crippen LogP contribution in [-0.2, 0) is 6.54 Å². The number of aryl methyl sites for hydroxylation is 1. The topological polar surface area (TPSA) is 67.3 Å². The molecule has 2 aromatic rings. The highest BCUT2D eigenvalue weighted by Crippen LogP contribution is 2.18. The maximum absolute atomic E-state index is 12.3. The van der Waals surface area contributed by atoms with Crippen molar-refractivity contribution in [3.8, 4) is 5.75 Å². The molecule has 0 unspecified atom stereocenters. The zero-order valence-corrected chi connectivity index (χ0v) is 14.8. The number of ether oxygens (including phenoxy) is 1. The molecule has 132 valence electrons. The van der Waals surface area contributed by atoms with Crippen LogP contribution in [0, 0.1) is 6.92 Å². The molecule has 1 fully saturated rings. The second-order valence-corrected chi connectivity index (χ2v) is 6.12. The lowest BCUT2D eigenvalue weighted by Crippen LogP contribution is -2.25. The van der Waals surface area contributed by atoms with E-state index in [1.54, 1.807) is 24.3 Å². The van der Waals surface area contributed by atoms with Gasteiger partial charge in [0.05, 0.1) is 13.2 Å². The highest BCUT2D eigenvalue weighted by Gasteiger charge is 2.15. The summed E-state index contributed by atoms with van der Waals surface area (Å²) < 4.78 is 5.39. The number of aromatic nitrogens is 2. The summed E-state index contributed by atoms with van der Waals surface area (Å²) >= 11 is 0. The number of amides is 1. The summed E-state index contributed by atoms with van der Waals surface area (Å²) in [4.78, 5) is 23.6. The molecule has 0 aliphatic carbocycles. The largest absolute Gasteiger partial charge is 0.494 e. The van der Waals surface area contributed by atoms with Gasteiger partial charge in [0.1, 0.15) is 17.4 Å². The van der Waals surface area contributed by atoms with Crippen molar-refractivity contribution in [1.29, 1.82) is 0 Å². The quantitative estimate of drug-likeness (QED) is 0.876. The molecule has 2 heterocycles. The number of benzene rings is 1. The minimum absolute atomic E-state index is 0.143. The lowest BCUT2D eigenvalue weighted by atomic mass is 10.2. The zero-order chi connectivity index (χ0) is 17.6. The number of hydrogen-bond donors (Lipinski definition) is 1. The molecule has 1 aromatic heterocycles. The summed E-state index contributed by atoms with van der Waals surface area (Å²) in [5.41, 5.74) is 1.51. The SMILES string of the molecule is CCOc1ccc(C(=O)NCc2nc(C)cc(N3CCCC3)n2)cc1. The molecule has 1 saturated heterocycles. The van der Waals surface area contributed by atoms with Crippen LogP contribution in [0.1, 0.15) is 41.6 Å². The Kier molecular flexibility index (Phi) is 5.48. The first-order valence-corrected chi connectivity index (χ1v) is 8.76. The average Bonchev–Trinajstić information content (AvgIpc) is 3.15. The zero-order valence-electron chi connectivity index (χ0n) is 14.8. The molecule has 1 N–H and O–H groups in total. The predicted molar refractivity (Wildman–Crippen MR) is 97.0 cm³/mol. The van der Waals surface area contributed by atoms with Crippen molar-refractivity contribution < 1.29 is 9.53 Å². The van der Waals surface area contributed by atoms with E-state index in [2.05, 4.69) is 20.2 Å². The molecule has 1 aliphatic rings. The molecule has 0 bridgehead atoms. The molecular weight excluding hydrogens is 316 g/mol. The van der Waals surface area contributed by atoms with E-state index in [1.807, 2.05) is 19.9 Å². The molecule has 0 atom stereocenters. The lowest BCUT2D eigenvalue weighted by Gasteiger charge is -2.17. The van der Waals surface area contributed by atoms with Crippen molar-refractivity contribution in [3.63, 3.8) is 0 Å². The summed E-state index contributed by atoms with van der Waals surface area (Å²) in [6, 6.07) is 9.11. The third-order valence-electron chi connectivity index (χ3n) is 4.15. The molecule has 25 heavy (non-hydrogen) atoms. The number of rotatable bonds is 6. The summed E-state index contributed by atoms with van der Waals surface area (Å²) in [5, 5.41) is 2.89. The van der Waals surface area contributed by atoms with Crippen molar-refractivity contribution in [1.82, 2.24) is 15.3 Å². The van der Waals surface area contributed by atoms with Crippen molar-refractivity contribution in [2.45, 2.75) is 33.2 Å². The third-order valence-corrected chi connectivity index (χ3v) is 4.15. The monoisotopic (exact) mass is 340 g/mol. The van der Waals surface area contributed by atoms with Crippen molar-refractivity contribution in [2.24, 2.45) is 0 Å². The van der Waals surface area contributed by atoms with Crippen LogP contribution in [-0.4, -0.2) is 35.6 Å². The van der Waals surface area contributed by atoms with E-state index in [1.165, 1.54) is 12.8 Å². The molecule has 1 aromatic carbocycles. The number of nitrogens with one attached hydrogen (secondary N) is 1. The number of anilines is 1. The lowest BCUT2D eigenvalue weighted by molar-refractivity contribution is 0.0950. The number of carbonyl (C=O) groups excluding carboxylic acids is 1. The van der Waals surface area contributed by atoms with Gasteiger partial charge in [0.25, 0.3) is 5.91 Å². The fraction of sp³-hybridized carbons (Fsp3) is 0.421. The fourth-order valence-electron chi connectivity index (χ4n) is 2.93. The van der Waals surface area contributed by atoms with Crippen molar-refractivity contribution in [3.05, 3.63) is 47.4 Å². The Bertz CT molecular complexity index is 725. The summed E-state index contributed by atoms with van der Waals surface area (Å²) in [6.07, 6.45) is 2.40. The van der Waals surface area contributed by atoms with E-state index in [9.17, 15) is 4.79 Å². The smallest absolute Gasteiger partial charge is 0.251 e. The predicted octanol–water partition coefficient (Wildman–Crippen LogP) is 2.71. The number of nitrogens with zero attached hydrogens (tertiary/aromatic N) is 3. The standard InChI is InChI=1S/C19H24N4O2/c1-3-25-16-8-6-15(7-9-16)19(24)20-13-17-21-14(2)12-18(22-17)23-10-4-5-11-23/h6-9,12H,3-5,10-11,13H2,1-2H3,(H,20,24). The average molecular weight is 340 g/mol. The Morgan fingerprint density at radius 2 is 1.92 bits per heavy atom. The fourth-order valence-corrected chi connectivity index (χ4v) is 2.93. The second-order valence-electron chi connectivity index (χ2n) is 6.12. The van der Waals surface area contributed by atoms with E-state index >= 15 is 0 Å². The third kappa shape index (κ3) is 4.47. The van der Waals surface area contributed by atoms with Crippen molar-refractivity contribution in [2.75, 3.05) is 24.6 Å². The molecule has 1 aliphatic heterocycles. The summed E-state index contributed by atoms with van der Waals surface area (Å²) in [6.45, 7) is 6.88. The van der Waals surface area contributed by atoms with Gasteiger partial charge in [0, 0.05) is 30.4 Å². The van der Waals surface area contributed by atoms with Gasteiger partial charge in [-0.25, -0.2) is 9.97 Å². The van der Waals surface area contributed by atoms with Crippen LogP contribution in [0.4, 0.5) is 5.82 Å². The van der Waals surface area contributed by atoms with E-state index < -0.39 is 0 Å². The Labute approximate surface area is 148 Å². The highest BCUT2D eigenvalue weighted by atomic mass is 16.5. The molecule has 1 amide bonds. The van der Waals surface area contributed by atoms with Gasteiger partial charge >= 0.3 is 0 Å². The van der Waals surface area contributed by atoms with Crippen LogP contribution in [0.3, 0.4) is 0 Å². The number of hydrogen-bond acceptors (Lipinski definition) is 5. The molecule has 6 heteroatoms. The van der Waals surface area contributed by atoms with Crippen LogP contribution >= 0.6 is 0 Å². The summed E-state index contributed by atoms with van der Waals surface area (Å²) in [7, 11) is 0. The molecule has 0 radical (unpaired) electrons. The Morgan fingerprint density at radius 3 is 2.60 bits per heavy atom. The Hall–Kier alpha value is -2.63. The minimum atomic E-state index is -0.143. The van der Waals surface area contributed by atoms with Gasteiger partial charge in [-0.15, -0.1) is 0 Å². The molecule has 0 spiro atoms. The molecular formula is C19H24N4O2. The van der Waals surface area contributed by atoms with Crippen LogP contribution in [0.2, 0.25) is 0 Å². The van der Waals surface area contributed by atoms with Gasteiger partial charge in [0.2, 0.25) is 0 Å². The molecule has 6 nitrogen and oxygen atoms in total. The molecule has 3 rings (SSSR count). The van der Waals surface area contributed by atoms with Crippen LogP contribution in [0.25, 0.3) is 0 Å². The van der Waals surface area contributed by atoms with E-state index in [-0.39, 0.29) is 5.91 Å². The van der Waals surface area contributed by atoms with Crippen LogP contribution in [0.5, 0.6) is 5.75 Å². The van der Waals surface area contributed by atoms with Gasteiger partial charge in [-0.05, 0) is 51.0 Å². The first kappa shape index (κ1) is 17.2. The van der Waals surface area contributed by atoms with Crippen molar-refractivity contribution >= 4 is 11.7 Å². The highest BCUT2D eigenvalue weighted by molar-refractivity contribution is 5.94. The Morgan fingerprint density at radius 1 is 1.20 bits per heavy atom. The van der Waals surface area contributed by atoms with E-state index in [4.69, 9.17) is 4.74 Å². The van der Waals surface area contributed by atoms with Crippen LogP contribution < -0.4 is 15.0 Å². The van der Waals surface area contributed by atoms with Gasteiger partial charge in [-0.3, -0.25) is 4.79 Å². The Balaban J connectivity index is 1.63. The van der Waals surface area contributed by atoms with Crippen LogP contribution in [0.15, 0.2) is 30.3 Å². The van der Waals surface area contributed by atoms with Gasteiger partial charge < -0.3 is 15.0 Å². The van der Waals surface area contributed by atoms with E-state index in [0.717, 1.165) is 30.4 Å². The first-order valence-electron chi connectivity index (χ1n) is 8.76. The maximum Gasteiger partial charge on any atom is 0.251 e. The first-order chi connectivity index (χ1) is 12.2.